The molecule has 0 N–H and O–H groups in total. The molecule has 1 heteroatoms. The maximum atomic E-state index is 2.31. The van der Waals surface area contributed by atoms with E-state index >= 15 is 0 Å². The van der Waals surface area contributed by atoms with Crippen LogP contribution < -0.4 is 0 Å². The van der Waals surface area contributed by atoms with E-state index in [1.165, 1.54) is 40.2 Å². The van der Waals surface area contributed by atoms with E-state index in [1.807, 2.05) is 0 Å². The average Bonchev–Trinajstić information content (AvgIpc) is 1.87. The van der Waals surface area contributed by atoms with Crippen LogP contribution in [-0.2, 0) is 0 Å². The quantitative estimate of drug-likeness (QED) is 0.412. The predicted molar refractivity (Wildman–Crippen MR) is 52.4 cm³/mol. The van der Waals surface area contributed by atoms with Gasteiger partial charge in [0.1, 0.15) is 0 Å². The zero-order valence-electron chi connectivity index (χ0n) is 7.61. The monoisotopic (exact) mass is 160 g/mol. The Hall–Kier alpha value is 0.430. The lowest BCUT2D eigenvalue weighted by Gasteiger charge is -2.02. The largest absolute Gasteiger partial charge is 0.122 e. The van der Waals surface area contributed by atoms with E-state index in [0.29, 0.717) is 0 Å². The van der Waals surface area contributed by atoms with Crippen LogP contribution in [0.3, 0.4) is 0 Å². The molecular formula is C9H21P. The van der Waals surface area contributed by atoms with Gasteiger partial charge >= 0.3 is 0 Å². The lowest BCUT2D eigenvalue weighted by molar-refractivity contribution is 0.578. The Morgan fingerprint density at radius 2 is 1.90 bits per heavy atom. The molecule has 1 unspecified atom stereocenters. The summed E-state index contributed by atoms with van der Waals surface area (Å²) in [6, 6.07) is 0. The molecular weight excluding hydrogens is 139 g/mol. The Balaban J connectivity index is 2.77. The molecule has 0 fully saturated rings. The van der Waals surface area contributed by atoms with E-state index in [-0.39, 0.29) is 0 Å². The van der Waals surface area contributed by atoms with Crippen molar-refractivity contribution >= 4 is 8.58 Å². The van der Waals surface area contributed by atoms with Crippen LogP contribution in [0, 0.1) is 5.92 Å². The summed E-state index contributed by atoms with van der Waals surface area (Å²) in [5.41, 5.74) is 0. The fraction of sp³-hybridized carbons (Fsp3) is 1.00. The highest BCUT2D eigenvalue weighted by Crippen LogP contribution is 2.15. The van der Waals surface area contributed by atoms with E-state index in [1.54, 1.807) is 0 Å². The SMILES string of the molecule is CCCPCCCC(C)C. The standard InChI is InChI=1S/C9H21P/c1-4-7-10-8-5-6-9(2)3/h9-10H,4-8H2,1-3H3. The van der Waals surface area contributed by atoms with Gasteiger partial charge in [-0.25, -0.2) is 0 Å². The Morgan fingerprint density at radius 3 is 2.40 bits per heavy atom. The number of hydrogen-bond donors (Lipinski definition) is 0. The molecule has 0 nitrogen and oxygen atoms in total. The van der Waals surface area contributed by atoms with Crippen molar-refractivity contribution in [3.05, 3.63) is 0 Å². The van der Waals surface area contributed by atoms with E-state index in [0.717, 1.165) is 5.92 Å². The first-order valence-electron chi connectivity index (χ1n) is 4.48. The maximum absolute atomic E-state index is 2.31. The van der Waals surface area contributed by atoms with Crippen molar-refractivity contribution in [3.8, 4) is 0 Å². The Morgan fingerprint density at radius 1 is 1.20 bits per heavy atom. The molecule has 0 aromatic carbocycles. The maximum Gasteiger partial charge on any atom is -0.0353 e. The van der Waals surface area contributed by atoms with Gasteiger partial charge in [-0.2, -0.15) is 0 Å². The molecule has 0 saturated heterocycles. The number of hydrogen-bond acceptors (Lipinski definition) is 0. The van der Waals surface area contributed by atoms with Crippen LogP contribution in [0.25, 0.3) is 0 Å². The molecule has 0 bridgehead atoms. The van der Waals surface area contributed by atoms with Crippen molar-refractivity contribution in [1.29, 1.82) is 0 Å². The second-order valence-corrected chi connectivity index (χ2v) is 4.79. The molecule has 1 atom stereocenters. The first kappa shape index (κ1) is 10.4. The van der Waals surface area contributed by atoms with Crippen molar-refractivity contribution in [1.82, 2.24) is 0 Å². The highest BCUT2D eigenvalue weighted by atomic mass is 31.1. The summed E-state index contributed by atoms with van der Waals surface area (Å²) in [6.07, 6.45) is 7.19. The molecule has 0 rings (SSSR count). The third-order valence-electron chi connectivity index (χ3n) is 1.56. The smallest absolute Gasteiger partial charge is 0.0353 e. The third kappa shape index (κ3) is 8.43. The van der Waals surface area contributed by atoms with Gasteiger partial charge in [-0.3, -0.25) is 0 Å². The van der Waals surface area contributed by atoms with Gasteiger partial charge in [-0.15, -0.1) is 8.58 Å². The topological polar surface area (TPSA) is 0 Å². The molecule has 62 valence electrons. The minimum Gasteiger partial charge on any atom is -0.122 e. The van der Waals surface area contributed by atoms with Crippen LogP contribution in [0.2, 0.25) is 0 Å². The highest BCUT2D eigenvalue weighted by Gasteiger charge is 1.92. The zero-order valence-corrected chi connectivity index (χ0v) is 8.61. The van der Waals surface area contributed by atoms with Gasteiger partial charge < -0.3 is 0 Å². The summed E-state index contributed by atoms with van der Waals surface area (Å²) in [4.78, 5) is 0. The normalized spacial score (nSPS) is 12.0. The summed E-state index contributed by atoms with van der Waals surface area (Å²) >= 11 is 0. The van der Waals surface area contributed by atoms with Gasteiger partial charge in [-0.1, -0.05) is 33.6 Å². The van der Waals surface area contributed by atoms with Gasteiger partial charge in [-0.05, 0) is 24.7 Å². The van der Waals surface area contributed by atoms with Crippen LogP contribution in [0.15, 0.2) is 0 Å². The molecule has 0 aliphatic rings. The van der Waals surface area contributed by atoms with Crippen LogP contribution in [0.1, 0.15) is 40.0 Å². The van der Waals surface area contributed by atoms with E-state index in [4.69, 9.17) is 0 Å². The molecule has 0 spiro atoms. The first-order valence-corrected chi connectivity index (χ1v) is 5.89. The van der Waals surface area contributed by atoms with Gasteiger partial charge in [0.05, 0.1) is 0 Å². The Bertz CT molecular complexity index is 59.7. The minimum absolute atomic E-state index is 0.909. The summed E-state index contributed by atoms with van der Waals surface area (Å²) < 4.78 is 0. The van der Waals surface area contributed by atoms with Crippen LogP contribution in [0.5, 0.6) is 0 Å². The molecule has 0 amide bonds. The number of rotatable bonds is 6. The van der Waals surface area contributed by atoms with Gasteiger partial charge in [0, 0.05) is 0 Å². The summed E-state index contributed by atoms with van der Waals surface area (Å²) in [5, 5.41) is 0. The molecule has 0 saturated carbocycles. The van der Waals surface area contributed by atoms with E-state index in [2.05, 4.69) is 20.8 Å². The second-order valence-electron chi connectivity index (χ2n) is 3.29. The van der Waals surface area contributed by atoms with Crippen LogP contribution >= 0.6 is 8.58 Å². The predicted octanol–water partition coefficient (Wildman–Crippen LogP) is 3.51. The fourth-order valence-electron chi connectivity index (χ4n) is 0.937. The van der Waals surface area contributed by atoms with Gasteiger partial charge in [0.25, 0.3) is 0 Å². The Labute approximate surface area is 67.6 Å². The van der Waals surface area contributed by atoms with Gasteiger partial charge in [0.2, 0.25) is 0 Å². The first-order chi connectivity index (χ1) is 4.77. The summed E-state index contributed by atoms with van der Waals surface area (Å²) in [6.45, 7) is 6.89. The Kier molecular flexibility index (Phi) is 7.86. The summed E-state index contributed by atoms with van der Waals surface area (Å²) in [5.74, 6) is 0.909. The highest BCUT2D eigenvalue weighted by molar-refractivity contribution is 7.37. The van der Waals surface area contributed by atoms with Crippen LogP contribution in [-0.4, -0.2) is 12.3 Å². The van der Waals surface area contributed by atoms with Gasteiger partial charge in [0.15, 0.2) is 0 Å². The average molecular weight is 160 g/mol. The molecule has 0 aliphatic carbocycles. The van der Waals surface area contributed by atoms with Crippen molar-refractivity contribution in [2.75, 3.05) is 12.3 Å². The zero-order chi connectivity index (χ0) is 7.82. The molecule has 0 radical (unpaired) electrons. The van der Waals surface area contributed by atoms with Crippen LogP contribution in [0.4, 0.5) is 0 Å². The van der Waals surface area contributed by atoms with Crippen molar-refractivity contribution in [2.45, 2.75) is 40.0 Å². The lowest BCUT2D eigenvalue weighted by Crippen LogP contribution is -1.88. The summed E-state index contributed by atoms with van der Waals surface area (Å²) in [7, 11) is 1.23. The fourth-order valence-corrected chi connectivity index (χ4v) is 1.99. The molecule has 0 aromatic rings. The third-order valence-corrected chi connectivity index (χ3v) is 3.12. The molecule has 10 heavy (non-hydrogen) atoms. The van der Waals surface area contributed by atoms with Crippen molar-refractivity contribution in [2.24, 2.45) is 5.92 Å². The van der Waals surface area contributed by atoms with Crippen molar-refractivity contribution < 1.29 is 0 Å². The molecule has 0 heterocycles. The second kappa shape index (κ2) is 7.54. The minimum atomic E-state index is 0.909. The molecule has 0 aliphatic heterocycles. The van der Waals surface area contributed by atoms with E-state index in [9.17, 15) is 0 Å². The van der Waals surface area contributed by atoms with Crippen molar-refractivity contribution in [3.63, 3.8) is 0 Å². The van der Waals surface area contributed by atoms with E-state index < -0.39 is 0 Å². The lowest BCUT2D eigenvalue weighted by atomic mass is 10.1. The molecule has 0 aromatic heterocycles.